The average molecular weight is 492 g/mol. The summed E-state index contributed by atoms with van der Waals surface area (Å²) in [7, 11) is 0. The minimum Gasteiger partial charge on any atom is -0.426 e. The number of esters is 1. The largest absolute Gasteiger partial charge is 0.426 e. The summed E-state index contributed by atoms with van der Waals surface area (Å²) in [6, 6.07) is 17.5. The normalized spacial score (nSPS) is 17.5. The molecule has 1 amide bonds. The minimum absolute atomic E-state index is 0.122. The predicted molar refractivity (Wildman–Crippen MR) is 132 cm³/mol. The van der Waals surface area contributed by atoms with E-state index < -0.39 is 23.0 Å². The van der Waals surface area contributed by atoms with Gasteiger partial charge in [0.1, 0.15) is 17.4 Å². The van der Waals surface area contributed by atoms with Gasteiger partial charge in [0.25, 0.3) is 0 Å². The lowest BCUT2D eigenvalue weighted by Gasteiger charge is -2.47. The average Bonchev–Trinajstić information content (AvgIpc) is 2.84. The van der Waals surface area contributed by atoms with Crippen molar-refractivity contribution in [3.63, 3.8) is 0 Å². The number of carbonyl (C=O) groups is 3. The van der Waals surface area contributed by atoms with Crippen LogP contribution in [0.5, 0.6) is 5.75 Å². The molecule has 3 aromatic carbocycles. The standard InChI is InChI=1S/C29H27F2NO4/c1-29(2,3)28(35)36-23-14-6-19(7-15-23)26-24(16-17-25(33)18-4-8-20(30)9-5-18)27(34)32(26)22-12-10-21(31)11-13-22/h4-15,24,26H,16-17H2,1-3H3/t24-,26-/m1/s1. The van der Waals surface area contributed by atoms with Crippen LogP contribution in [0, 0.1) is 23.0 Å². The molecule has 1 fully saturated rings. The van der Waals surface area contributed by atoms with E-state index in [0.29, 0.717) is 23.4 Å². The molecule has 0 aromatic heterocycles. The summed E-state index contributed by atoms with van der Waals surface area (Å²) in [5, 5.41) is 0. The number of halogens is 2. The molecule has 3 aromatic rings. The van der Waals surface area contributed by atoms with Crippen LogP contribution in [-0.4, -0.2) is 17.7 Å². The molecule has 2 atom stereocenters. The summed E-state index contributed by atoms with van der Waals surface area (Å²) >= 11 is 0. The fraction of sp³-hybridized carbons (Fsp3) is 0.276. The van der Waals surface area contributed by atoms with Gasteiger partial charge < -0.3 is 9.64 Å². The lowest BCUT2D eigenvalue weighted by molar-refractivity contribution is -0.143. The van der Waals surface area contributed by atoms with Gasteiger partial charge in [-0.15, -0.1) is 0 Å². The van der Waals surface area contributed by atoms with E-state index in [0.717, 1.165) is 5.56 Å². The second-order valence-corrected chi connectivity index (χ2v) is 9.91. The van der Waals surface area contributed by atoms with Gasteiger partial charge in [0.2, 0.25) is 5.91 Å². The van der Waals surface area contributed by atoms with E-state index in [-0.39, 0.29) is 30.1 Å². The highest BCUT2D eigenvalue weighted by Crippen LogP contribution is 2.46. The van der Waals surface area contributed by atoms with Crippen molar-refractivity contribution in [2.45, 2.75) is 39.7 Å². The van der Waals surface area contributed by atoms with Crippen LogP contribution in [-0.2, 0) is 9.59 Å². The highest BCUT2D eigenvalue weighted by atomic mass is 19.1. The number of hydrogen-bond donors (Lipinski definition) is 0. The first-order valence-corrected chi connectivity index (χ1v) is 11.7. The molecule has 0 aliphatic carbocycles. The van der Waals surface area contributed by atoms with E-state index in [1.165, 1.54) is 36.4 Å². The number of carbonyl (C=O) groups excluding carboxylic acids is 3. The topological polar surface area (TPSA) is 63.7 Å². The zero-order valence-corrected chi connectivity index (χ0v) is 20.3. The van der Waals surface area contributed by atoms with Crippen LogP contribution in [0.3, 0.4) is 0 Å². The van der Waals surface area contributed by atoms with Crippen molar-refractivity contribution in [3.8, 4) is 5.75 Å². The Morgan fingerprint density at radius 3 is 1.97 bits per heavy atom. The zero-order valence-electron chi connectivity index (χ0n) is 20.3. The van der Waals surface area contributed by atoms with Crippen molar-refractivity contribution >= 4 is 23.3 Å². The van der Waals surface area contributed by atoms with Gasteiger partial charge >= 0.3 is 5.97 Å². The number of nitrogens with zero attached hydrogens (tertiary/aromatic N) is 1. The Morgan fingerprint density at radius 2 is 1.42 bits per heavy atom. The summed E-state index contributed by atoms with van der Waals surface area (Å²) in [5.74, 6) is -1.61. The van der Waals surface area contributed by atoms with E-state index in [1.54, 1.807) is 62.1 Å². The highest BCUT2D eigenvalue weighted by Gasteiger charge is 2.48. The molecule has 1 aliphatic rings. The van der Waals surface area contributed by atoms with Crippen LogP contribution < -0.4 is 9.64 Å². The smallest absolute Gasteiger partial charge is 0.316 e. The first kappa shape index (κ1) is 25.2. The van der Waals surface area contributed by atoms with Crippen molar-refractivity contribution in [3.05, 3.63) is 95.6 Å². The van der Waals surface area contributed by atoms with Crippen LogP contribution in [0.4, 0.5) is 14.5 Å². The number of benzene rings is 3. The number of β-lactam (4-membered cyclic amide) rings is 1. The van der Waals surface area contributed by atoms with E-state index in [4.69, 9.17) is 4.74 Å². The van der Waals surface area contributed by atoms with E-state index >= 15 is 0 Å². The Balaban J connectivity index is 1.55. The van der Waals surface area contributed by atoms with Crippen LogP contribution >= 0.6 is 0 Å². The van der Waals surface area contributed by atoms with Gasteiger partial charge in [-0.1, -0.05) is 12.1 Å². The first-order chi connectivity index (χ1) is 17.0. The monoisotopic (exact) mass is 491 g/mol. The number of hydrogen-bond acceptors (Lipinski definition) is 4. The van der Waals surface area contributed by atoms with Crippen molar-refractivity contribution in [1.29, 1.82) is 0 Å². The van der Waals surface area contributed by atoms with E-state index in [1.807, 2.05) is 0 Å². The molecule has 0 radical (unpaired) electrons. The van der Waals surface area contributed by atoms with E-state index in [2.05, 4.69) is 0 Å². The van der Waals surface area contributed by atoms with Crippen LogP contribution in [0.2, 0.25) is 0 Å². The van der Waals surface area contributed by atoms with Gasteiger partial charge in [-0.25, -0.2) is 8.78 Å². The first-order valence-electron chi connectivity index (χ1n) is 11.7. The summed E-state index contributed by atoms with van der Waals surface area (Å²) in [4.78, 5) is 39.6. The Hall–Kier alpha value is -3.87. The number of anilines is 1. The molecule has 1 aliphatic heterocycles. The third-order valence-electron chi connectivity index (χ3n) is 6.21. The van der Waals surface area contributed by atoms with Crippen molar-refractivity contribution < 1.29 is 27.9 Å². The van der Waals surface area contributed by atoms with Gasteiger partial charge in [0.05, 0.1) is 17.4 Å². The van der Waals surface area contributed by atoms with Gasteiger partial charge in [0.15, 0.2) is 5.78 Å². The number of Topliss-reactive ketones (excluding diaryl/α,β-unsaturated/α-hetero) is 1. The maximum Gasteiger partial charge on any atom is 0.316 e. The fourth-order valence-corrected chi connectivity index (χ4v) is 4.16. The second kappa shape index (κ2) is 10.0. The Bertz CT molecular complexity index is 1260. The summed E-state index contributed by atoms with van der Waals surface area (Å²) < 4.78 is 32.1. The number of rotatable bonds is 7. The lowest BCUT2D eigenvalue weighted by Crippen LogP contribution is -2.55. The van der Waals surface area contributed by atoms with Crippen molar-refractivity contribution in [2.24, 2.45) is 11.3 Å². The predicted octanol–water partition coefficient (Wildman–Crippen LogP) is 6.28. The van der Waals surface area contributed by atoms with Crippen molar-refractivity contribution in [2.75, 3.05) is 4.90 Å². The summed E-state index contributed by atoms with van der Waals surface area (Å²) in [5.41, 5.74) is 1.09. The van der Waals surface area contributed by atoms with Gasteiger partial charge in [-0.2, -0.15) is 0 Å². The maximum atomic E-state index is 13.5. The number of ether oxygens (including phenoxy) is 1. The van der Waals surface area contributed by atoms with Crippen LogP contribution in [0.25, 0.3) is 0 Å². The molecule has 186 valence electrons. The molecule has 36 heavy (non-hydrogen) atoms. The van der Waals surface area contributed by atoms with Crippen molar-refractivity contribution in [1.82, 2.24) is 0 Å². The highest BCUT2D eigenvalue weighted by molar-refractivity contribution is 6.04. The molecular formula is C29H27F2NO4. The molecule has 0 spiro atoms. The Kier molecular flexibility index (Phi) is 7.02. The minimum atomic E-state index is -0.652. The number of ketones is 1. The molecule has 1 saturated heterocycles. The SMILES string of the molecule is CC(C)(C)C(=O)Oc1ccc([C@@H]2[C@@H](CCC(=O)c3ccc(F)cc3)C(=O)N2c2ccc(F)cc2)cc1. The molecule has 1 heterocycles. The fourth-order valence-electron chi connectivity index (χ4n) is 4.16. The molecule has 0 bridgehead atoms. The third kappa shape index (κ3) is 5.35. The summed E-state index contributed by atoms with van der Waals surface area (Å²) in [6.45, 7) is 5.30. The molecule has 7 heteroatoms. The summed E-state index contributed by atoms with van der Waals surface area (Å²) in [6.07, 6.45) is 0.426. The third-order valence-corrected chi connectivity index (χ3v) is 6.21. The zero-order chi connectivity index (χ0) is 26.0. The molecular weight excluding hydrogens is 464 g/mol. The maximum absolute atomic E-state index is 13.5. The second-order valence-electron chi connectivity index (χ2n) is 9.91. The molecule has 0 N–H and O–H groups in total. The molecule has 4 rings (SSSR count). The Labute approximate surface area is 208 Å². The van der Waals surface area contributed by atoms with Crippen LogP contribution in [0.15, 0.2) is 72.8 Å². The van der Waals surface area contributed by atoms with Gasteiger partial charge in [-0.3, -0.25) is 14.4 Å². The Morgan fingerprint density at radius 1 is 0.861 bits per heavy atom. The van der Waals surface area contributed by atoms with Gasteiger partial charge in [-0.05, 0) is 93.4 Å². The van der Waals surface area contributed by atoms with E-state index in [9.17, 15) is 23.2 Å². The quantitative estimate of drug-likeness (QED) is 0.169. The number of amides is 1. The molecule has 5 nitrogen and oxygen atoms in total. The van der Waals surface area contributed by atoms with Crippen LogP contribution in [0.1, 0.15) is 55.6 Å². The van der Waals surface area contributed by atoms with Gasteiger partial charge in [0, 0.05) is 17.7 Å². The lowest BCUT2D eigenvalue weighted by atomic mass is 9.78. The molecule has 0 saturated carbocycles. The molecule has 0 unspecified atom stereocenters.